The number of carbonyl (C=O) groups is 2. The van der Waals surface area contributed by atoms with Gasteiger partial charge in [0.05, 0.1) is 0 Å². The van der Waals surface area contributed by atoms with Crippen molar-refractivity contribution in [2.45, 2.75) is 13.0 Å². The van der Waals surface area contributed by atoms with Gasteiger partial charge in [-0.3, -0.25) is 9.69 Å². The van der Waals surface area contributed by atoms with Gasteiger partial charge < -0.3 is 16.3 Å². The molecule has 3 amide bonds. The smallest absolute Gasteiger partial charge is 0.320 e. The fraction of sp³-hybridized carbons (Fsp3) is 0.0741. The zero-order valence-electron chi connectivity index (χ0n) is 18.9. The normalized spacial score (nSPS) is 11.5. The van der Waals surface area contributed by atoms with E-state index in [1.54, 1.807) is 78.9 Å². The topological polar surface area (TPSA) is 102 Å². The van der Waals surface area contributed by atoms with E-state index in [1.807, 2.05) is 19.1 Å². The first-order chi connectivity index (χ1) is 16.8. The van der Waals surface area contributed by atoms with Crippen LogP contribution in [0.2, 0.25) is 5.02 Å². The minimum Gasteiger partial charge on any atom is -0.618 e. The van der Waals surface area contributed by atoms with Crippen LogP contribution in [-0.2, 0) is 4.79 Å². The standard InChI is InChI=1S/C27H23ClN4O3/c1-18-6-2-3-7-23(18)25(32(27(29)34)22-15-11-20(28)12-16-22)26(33)30-21-13-9-19(10-14-21)24-8-4-5-17-31(24)35/h2-17,25H,1H3,(H2,29,34)(H,30,33). The highest BCUT2D eigenvalue weighted by molar-refractivity contribution is 6.30. The Bertz CT molecular complexity index is 1360. The van der Waals surface area contributed by atoms with Crippen LogP contribution in [0.3, 0.4) is 0 Å². The number of urea groups is 1. The van der Waals surface area contributed by atoms with Gasteiger partial charge >= 0.3 is 6.03 Å². The molecule has 0 aliphatic heterocycles. The molecule has 4 aromatic rings. The average molecular weight is 487 g/mol. The summed E-state index contributed by atoms with van der Waals surface area (Å²) in [6.07, 6.45) is 1.42. The average Bonchev–Trinajstić information content (AvgIpc) is 2.84. The first-order valence-corrected chi connectivity index (χ1v) is 11.2. The molecular formula is C27H23ClN4O3. The number of aromatic nitrogens is 1. The van der Waals surface area contributed by atoms with E-state index in [2.05, 4.69) is 5.32 Å². The van der Waals surface area contributed by atoms with E-state index >= 15 is 0 Å². The molecule has 0 radical (unpaired) electrons. The number of rotatable bonds is 6. The Balaban J connectivity index is 1.69. The van der Waals surface area contributed by atoms with Gasteiger partial charge in [0.1, 0.15) is 6.04 Å². The van der Waals surface area contributed by atoms with Gasteiger partial charge in [-0.15, -0.1) is 0 Å². The monoisotopic (exact) mass is 486 g/mol. The van der Waals surface area contributed by atoms with E-state index in [-0.39, 0.29) is 0 Å². The SMILES string of the molecule is Cc1ccccc1C(C(=O)Nc1ccc(-c2cccc[n+]2[O-])cc1)N(C(N)=O)c1ccc(Cl)cc1. The molecule has 1 aromatic heterocycles. The van der Waals surface area contributed by atoms with Gasteiger partial charge in [0.25, 0.3) is 5.91 Å². The minimum atomic E-state index is -1.03. The van der Waals surface area contributed by atoms with Gasteiger partial charge in [0, 0.05) is 34.1 Å². The number of carbonyl (C=O) groups excluding carboxylic acids is 2. The maximum absolute atomic E-state index is 13.6. The third kappa shape index (κ3) is 5.26. The number of nitrogens with two attached hydrogens (primary N) is 1. The summed E-state index contributed by atoms with van der Waals surface area (Å²) in [6, 6.07) is 24.1. The molecule has 3 aromatic carbocycles. The van der Waals surface area contributed by atoms with E-state index in [0.29, 0.717) is 33.2 Å². The summed E-state index contributed by atoms with van der Waals surface area (Å²) in [5, 5.41) is 15.4. The molecule has 176 valence electrons. The molecule has 1 unspecified atom stereocenters. The van der Waals surface area contributed by atoms with E-state index in [1.165, 1.54) is 11.1 Å². The number of primary amides is 1. The van der Waals surface area contributed by atoms with Crippen molar-refractivity contribution in [2.24, 2.45) is 5.73 Å². The Labute approximate surface area is 208 Å². The van der Waals surface area contributed by atoms with Crippen molar-refractivity contribution in [3.8, 4) is 11.3 Å². The largest absolute Gasteiger partial charge is 0.618 e. The van der Waals surface area contributed by atoms with Crippen LogP contribution < -0.4 is 20.7 Å². The minimum absolute atomic E-state index is 0.435. The molecule has 0 aliphatic carbocycles. The Morgan fingerprint density at radius 1 is 0.943 bits per heavy atom. The van der Waals surface area contributed by atoms with Crippen molar-refractivity contribution >= 4 is 34.9 Å². The summed E-state index contributed by atoms with van der Waals surface area (Å²) in [5.74, 6) is -0.445. The van der Waals surface area contributed by atoms with Crippen molar-refractivity contribution in [1.29, 1.82) is 0 Å². The van der Waals surface area contributed by atoms with Crippen LogP contribution in [0.5, 0.6) is 0 Å². The van der Waals surface area contributed by atoms with Crippen LogP contribution in [0.4, 0.5) is 16.2 Å². The summed E-state index contributed by atoms with van der Waals surface area (Å²) < 4.78 is 0.776. The molecule has 8 heteroatoms. The Kier molecular flexibility index (Phi) is 6.98. The number of pyridine rings is 1. The van der Waals surface area contributed by atoms with Crippen LogP contribution >= 0.6 is 11.6 Å². The molecule has 0 bridgehead atoms. The Morgan fingerprint density at radius 3 is 2.23 bits per heavy atom. The van der Waals surface area contributed by atoms with Crippen molar-refractivity contribution in [1.82, 2.24) is 0 Å². The fourth-order valence-corrected chi connectivity index (χ4v) is 4.01. The van der Waals surface area contributed by atoms with Gasteiger partial charge in [0.15, 0.2) is 6.20 Å². The van der Waals surface area contributed by atoms with Crippen LogP contribution in [0.1, 0.15) is 17.2 Å². The highest BCUT2D eigenvalue weighted by Crippen LogP contribution is 2.31. The van der Waals surface area contributed by atoms with E-state index in [9.17, 15) is 14.8 Å². The lowest BCUT2D eigenvalue weighted by atomic mass is 9.98. The second-order valence-corrected chi connectivity index (χ2v) is 8.36. The lowest BCUT2D eigenvalue weighted by Crippen LogP contribution is -2.44. The maximum atomic E-state index is 13.6. The Hall–Kier alpha value is -4.36. The highest BCUT2D eigenvalue weighted by Gasteiger charge is 2.32. The molecule has 0 spiro atoms. The molecule has 0 saturated heterocycles. The first-order valence-electron chi connectivity index (χ1n) is 10.8. The molecule has 4 rings (SSSR count). The molecule has 0 fully saturated rings. The lowest BCUT2D eigenvalue weighted by molar-refractivity contribution is -0.593. The summed E-state index contributed by atoms with van der Waals surface area (Å²) in [5.41, 5.74) is 9.36. The van der Waals surface area contributed by atoms with Crippen molar-refractivity contribution < 1.29 is 14.3 Å². The molecule has 0 saturated carbocycles. The molecule has 35 heavy (non-hydrogen) atoms. The third-order valence-corrected chi connectivity index (χ3v) is 5.86. The fourth-order valence-electron chi connectivity index (χ4n) is 3.88. The number of aryl methyl sites for hydroxylation is 1. The maximum Gasteiger partial charge on any atom is 0.320 e. The number of halogens is 1. The number of nitrogens with zero attached hydrogens (tertiary/aromatic N) is 2. The number of amides is 3. The number of nitrogens with one attached hydrogen (secondary N) is 1. The van der Waals surface area contributed by atoms with Gasteiger partial charge in [0.2, 0.25) is 5.69 Å². The van der Waals surface area contributed by atoms with Crippen LogP contribution in [0.15, 0.2) is 97.2 Å². The predicted molar refractivity (Wildman–Crippen MR) is 137 cm³/mol. The molecular weight excluding hydrogens is 464 g/mol. The summed E-state index contributed by atoms with van der Waals surface area (Å²) in [6.45, 7) is 1.86. The van der Waals surface area contributed by atoms with Crippen molar-refractivity contribution in [2.75, 3.05) is 10.2 Å². The summed E-state index contributed by atoms with van der Waals surface area (Å²) in [7, 11) is 0. The number of anilines is 2. The molecule has 0 aliphatic rings. The summed E-state index contributed by atoms with van der Waals surface area (Å²) in [4.78, 5) is 27.5. The van der Waals surface area contributed by atoms with Gasteiger partial charge in [-0.25, -0.2) is 4.79 Å². The summed E-state index contributed by atoms with van der Waals surface area (Å²) >= 11 is 6.02. The highest BCUT2D eigenvalue weighted by atomic mass is 35.5. The predicted octanol–water partition coefficient (Wildman–Crippen LogP) is 5.21. The van der Waals surface area contributed by atoms with Crippen molar-refractivity contribution in [3.63, 3.8) is 0 Å². The second-order valence-electron chi connectivity index (χ2n) is 7.92. The quantitative estimate of drug-likeness (QED) is 0.288. The van der Waals surface area contributed by atoms with E-state index in [4.69, 9.17) is 17.3 Å². The van der Waals surface area contributed by atoms with Crippen LogP contribution in [0, 0.1) is 12.1 Å². The lowest BCUT2D eigenvalue weighted by Gasteiger charge is -2.31. The molecule has 3 N–H and O–H groups in total. The van der Waals surface area contributed by atoms with Gasteiger partial charge in [-0.05, 0) is 72.6 Å². The van der Waals surface area contributed by atoms with Crippen LogP contribution in [-0.4, -0.2) is 11.9 Å². The van der Waals surface area contributed by atoms with Crippen molar-refractivity contribution in [3.05, 3.63) is 119 Å². The van der Waals surface area contributed by atoms with Gasteiger partial charge in [-0.2, -0.15) is 4.73 Å². The third-order valence-electron chi connectivity index (χ3n) is 5.60. The number of hydrogen-bond acceptors (Lipinski definition) is 3. The molecule has 1 heterocycles. The molecule has 7 nitrogen and oxygen atoms in total. The second kappa shape index (κ2) is 10.3. The van der Waals surface area contributed by atoms with Gasteiger partial charge in [-0.1, -0.05) is 35.9 Å². The van der Waals surface area contributed by atoms with E-state index < -0.39 is 18.0 Å². The number of benzene rings is 3. The first kappa shape index (κ1) is 23.8. The number of hydrogen-bond donors (Lipinski definition) is 2. The Morgan fingerprint density at radius 2 is 1.60 bits per heavy atom. The van der Waals surface area contributed by atoms with Crippen LogP contribution in [0.25, 0.3) is 11.3 Å². The molecule has 1 atom stereocenters. The van der Waals surface area contributed by atoms with E-state index in [0.717, 1.165) is 10.3 Å². The zero-order valence-corrected chi connectivity index (χ0v) is 19.6. The zero-order chi connectivity index (χ0) is 24.9.